The number of amides is 1. The van der Waals surface area contributed by atoms with Crippen LogP contribution in [-0.2, 0) is 27.1 Å². The van der Waals surface area contributed by atoms with Crippen LogP contribution in [0.25, 0.3) is 0 Å². The van der Waals surface area contributed by atoms with E-state index in [0.717, 1.165) is 67.8 Å². The van der Waals surface area contributed by atoms with Gasteiger partial charge in [0, 0.05) is 44.6 Å². The van der Waals surface area contributed by atoms with Crippen LogP contribution in [0.2, 0.25) is 0 Å². The quantitative estimate of drug-likeness (QED) is 0.169. The minimum atomic E-state index is -0.566. The molecule has 1 amide bonds. The van der Waals surface area contributed by atoms with Gasteiger partial charge in [-0.2, -0.15) is 0 Å². The summed E-state index contributed by atoms with van der Waals surface area (Å²) in [6, 6.07) is 18.9. The summed E-state index contributed by atoms with van der Waals surface area (Å²) in [4.78, 5) is 19.7. The molecule has 0 bridgehead atoms. The van der Waals surface area contributed by atoms with Gasteiger partial charge < -0.3 is 38.4 Å². The zero-order valence-electron chi connectivity index (χ0n) is 33.1. The van der Waals surface area contributed by atoms with Crippen LogP contribution < -0.4 is 18.9 Å². The number of benzene rings is 3. The van der Waals surface area contributed by atoms with Crippen LogP contribution in [0.15, 0.2) is 66.4 Å². The first kappa shape index (κ1) is 39.0. The van der Waals surface area contributed by atoms with Gasteiger partial charge in [0.15, 0.2) is 28.8 Å². The van der Waals surface area contributed by atoms with E-state index in [1.807, 2.05) is 24.3 Å². The Hall–Kier alpha value is -4.25. The van der Waals surface area contributed by atoms with Crippen LogP contribution in [0, 0.1) is 11.8 Å². The van der Waals surface area contributed by atoms with E-state index >= 15 is 4.79 Å². The molecule has 4 aliphatic rings. The normalized spacial score (nSPS) is 24.8. The highest BCUT2D eigenvalue weighted by molar-refractivity contribution is 5.92. The maximum atomic E-state index is 15.0. The van der Waals surface area contributed by atoms with Crippen molar-refractivity contribution in [2.24, 2.45) is 11.8 Å². The van der Waals surface area contributed by atoms with Crippen LogP contribution in [0.4, 0.5) is 0 Å². The number of carbonyl (C=O) groups excluding carboxylic acids is 1. The van der Waals surface area contributed by atoms with E-state index in [4.69, 9.17) is 28.4 Å². The standard InChI is InChI=1S/C45H58N2O8/c1-6-29-28-46-16-14-31-22-39(50-2)41(52-4)26-35(31)37(46)20-33(29)21-38-36-27-42(53-5)40(51-3)23-32(36)15-17-47(38)45(49)43-24-34(30-12-8-7-9-13-30)25-44(55-43)54-19-11-10-18-48/h7-9,12-13,22-24,26-27,29,33-34,37-38,44,48H,6,10-11,14-21,25,28H2,1-5H3/t29-,33+,34+,37-,38+,44-/m0/s1. The predicted molar refractivity (Wildman–Crippen MR) is 211 cm³/mol. The smallest absolute Gasteiger partial charge is 0.289 e. The van der Waals surface area contributed by atoms with Crippen molar-refractivity contribution in [2.45, 2.75) is 82.6 Å². The molecule has 6 atom stereocenters. The van der Waals surface area contributed by atoms with E-state index in [1.54, 1.807) is 28.4 Å². The van der Waals surface area contributed by atoms with Gasteiger partial charge >= 0.3 is 0 Å². The van der Waals surface area contributed by atoms with Crippen molar-refractivity contribution in [3.8, 4) is 23.0 Å². The fraction of sp³-hybridized carbons (Fsp3) is 0.533. The Morgan fingerprint density at radius 2 is 1.47 bits per heavy atom. The molecule has 7 rings (SSSR count). The molecule has 4 heterocycles. The molecule has 3 aromatic rings. The molecule has 1 N–H and O–H groups in total. The molecule has 3 aromatic carbocycles. The Morgan fingerprint density at radius 1 is 0.818 bits per heavy atom. The summed E-state index contributed by atoms with van der Waals surface area (Å²) in [6.07, 6.45) is 7.97. The highest BCUT2D eigenvalue weighted by Crippen LogP contribution is 2.50. The number of methoxy groups -OCH3 is 4. The molecule has 0 radical (unpaired) electrons. The lowest BCUT2D eigenvalue weighted by Gasteiger charge is -2.49. The van der Waals surface area contributed by atoms with Crippen LogP contribution in [0.3, 0.4) is 0 Å². The molecule has 10 heteroatoms. The third-order valence-corrected chi connectivity index (χ3v) is 12.4. The van der Waals surface area contributed by atoms with E-state index in [0.29, 0.717) is 61.5 Å². The zero-order chi connectivity index (χ0) is 38.5. The van der Waals surface area contributed by atoms with Crippen molar-refractivity contribution in [3.63, 3.8) is 0 Å². The van der Waals surface area contributed by atoms with Gasteiger partial charge in [0.2, 0.25) is 6.29 Å². The lowest BCUT2D eigenvalue weighted by molar-refractivity contribution is -0.155. The average molecular weight is 755 g/mol. The Balaban J connectivity index is 1.23. The minimum Gasteiger partial charge on any atom is -0.493 e. The molecule has 0 aliphatic carbocycles. The summed E-state index contributed by atoms with van der Waals surface area (Å²) < 4.78 is 35.7. The van der Waals surface area contributed by atoms with Gasteiger partial charge in [-0.3, -0.25) is 9.69 Å². The van der Waals surface area contributed by atoms with Crippen LogP contribution >= 0.6 is 0 Å². The molecule has 1 saturated heterocycles. The number of carbonyl (C=O) groups is 1. The van der Waals surface area contributed by atoms with Gasteiger partial charge in [-0.1, -0.05) is 43.7 Å². The summed E-state index contributed by atoms with van der Waals surface area (Å²) in [6.45, 7) is 5.47. The van der Waals surface area contributed by atoms with Gasteiger partial charge in [0.05, 0.1) is 41.1 Å². The fourth-order valence-corrected chi connectivity index (χ4v) is 9.48. The van der Waals surface area contributed by atoms with Crippen LogP contribution in [-0.4, -0.2) is 88.4 Å². The highest BCUT2D eigenvalue weighted by atomic mass is 16.7. The van der Waals surface area contributed by atoms with Crippen molar-refractivity contribution < 1.29 is 38.3 Å². The summed E-state index contributed by atoms with van der Waals surface area (Å²) in [7, 11) is 6.74. The Bertz CT molecular complexity index is 1810. The molecule has 0 saturated carbocycles. The van der Waals surface area contributed by atoms with Crippen molar-refractivity contribution >= 4 is 5.91 Å². The number of fused-ring (bicyclic) bond motifs is 4. The van der Waals surface area contributed by atoms with Gasteiger partial charge in [-0.25, -0.2) is 0 Å². The van der Waals surface area contributed by atoms with Gasteiger partial charge in [-0.05, 0) is 109 Å². The van der Waals surface area contributed by atoms with E-state index in [9.17, 15) is 5.11 Å². The fourth-order valence-electron chi connectivity index (χ4n) is 9.48. The number of unbranched alkanes of at least 4 members (excludes halogenated alkanes) is 1. The Morgan fingerprint density at radius 3 is 2.15 bits per heavy atom. The van der Waals surface area contributed by atoms with Gasteiger partial charge in [0.1, 0.15) is 0 Å². The molecule has 0 spiro atoms. The number of aliphatic hydroxyl groups excluding tert-OH is 1. The summed E-state index contributed by atoms with van der Waals surface area (Å²) >= 11 is 0. The molecule has 55 heavy (non-hydrogen) atoms. The SMILES string of the molecule is CC[C@H]1CN2CCc3cc(OC)c(OC)cc3[C@@H]2C[C@@H]1C[C@@H]1c2cc(OC)c(OC)cc2CCN1C(=O)C1=C[C@@H](c2ccccc2)C[C@@H](OCCCCO)O1. The first-order chi connectivity index (χ1) is 26.9. The number of aliphatic hydroxyl groups is 1. The second-order valence-electron chi connectivity index (χ2n) is 15.4. The third kappa shape index (κ3) is 8.18. The molecular formula is C45H58N2O8. The van der Waals surface area contributed by atoms with E-state index < -0.39 is 6.29 Å². The van der Waals surface area contributed by atoms with Crippen molar-refractivity contribution in [1.29, 1.82) is 0 Å². The summed E-state index contributed by atoms with van der Waals surface area (Å²) in [5.74, 6) is 3.93. The largest absolute Gasteiger partial charge is 0.493 e. The van der Waals surface area contributed by atoms with E-state index in [2.05, 4.69) is 53.1 Å². The molecule has 1 fully saturated rings. The second-order valence-corrected chi connectivity index (χ2v) is 15.4. The number of ether oxygens (including phenoxy) is 6. The number of nitrogens with zero attached hydrogens (tertiary/aromatic N) is 2. The van der Waals surface area contributed by atoms with E-state index in [1.165, 1.54) is 16.7 Å². The van der Waals surface area contributed by atoms with Crippen molar-refractivity contribution in [2.75, 3.05) is 61.3 Å². The predicted octanol–water partition coefficient (Wildman–Crippen LogP) is 7.39. The van der Waals surface area contributed by atoms with Gasteiger partial charge in [0.25, 0.3) is 5.91 Å². The maximum Gasteiger partial charge on any atom is 0.289 e. The number of hydrogen-bond acceptors (Lipinski definition) is 9. The lowest BCUT2D eigenvalue weighted by atomic mass is 9.72. The topological polar surface area (TPSA) is 99.2 Å². The maximum absolute atomic E-state index is 15.0. The molecule has 296 valence electrons. The van der Waals surface area contributed by atoms with Crippen molar-refractivity contribution in [3.05, 3.63) is 94.2 Å². The number of rotatable bonds is 14. The zero-order valence-corrected chi connectivity index (χ0v) is 33.1. The van der Waals surface area contributed by atoms with Crippen LogP contribution in [0.1, 0.15) is 91.3 Å². The molecule has 4 aliphatic heterocycles. The average Bonchev–Trinajstić information content (AvgIpc) is 3.23. The van der Waals surface area contributed by atoms with Crippen LogP contribution in [0.5, 0.6) is 23.0 Å². The monoisotopic (exact) mass is 754 g/mol. The molecular weight excluding hydrogens is 697 g/mol. The number of hydrogen-bond donors (Lipinski definition) is 1. The molecule has 10 nitrogen and oxygen atoms in total. The Kier molecular flexibility index (Phi) is 12.5. The van der Waals surface area contributed by atoms with E-state index in [-0.39, 0.29) is 30.5 Å². The summed E-state index contributed by atoms with van der Waals surface area (Å²) in [5.41, 5.74) is 6.06. The van der Waals surface area contributed by atoms with Crippen molar-refractivity contribution in [1.82, 2.24) is 9.80 Å². The molecule has 0 aromatic heterocycles. The third-order valence-electron chi connectivity index (χ3n) is 12.4. The minimum absolute atomic E-state index is 0.0348. The number of allylic oxidation sites excluding steroid dienone is 1. The highest BCUT2D eigenvalue weighted by Gasteiger charge is 2.43. The number of piperidine rings is 1. The Labute approximate surface area is 326 Å². The molecule has 0 unspecified atom stereocenters. The second kappa shape index (κ2) is 17.7. The first-order valence-electron chi connectivity index (χ1n) is 20.1. The lowest BCUT2D eigenvalue weighted by Crippen LogP contribution is -2.48. The summed E-state index contributed by atoms with van der Waals surface area (Å²) in [5, 5.41) is 9.33. The van der Waals surface area contributed by atoms with Gasteiger partial charge in [-0.15, -0.1) is 0 Å². The first-order valence-corrected chi connectivity index (χ1v) is 20.1.